The lowest BCUT2D eigenvalue weighted by Gasteiger charge is -2.21. The van der Waals surface area contributed by atoms with Crippen LogP contribution in [0.1, 0.15) is 39.3 Å². The summed E-state index contributed by atoms with van der Waals surface area (Å²) in [6.45, 7) is 10.5. The van der Waals surface area contributed by atoms with Gasteiger partial charge in [-0.2, -0.15) is 0 Å². The minimum Gasteiger partial charge on any atom is -0.483 e. The van der Waals surface area contributed by atoms with E-state index in [1.807, 2.05) is 32.0 Å². The number of carbonyl (C=O) groups is 1. The molecule has 0 heterocycles. The summed E-state index contributed by atoms with van der Waals surface area (Å²) in [6, 6.07) is 6.04. The van der Waals surface area contributed by atoms with Crippen LogP contribution < -0.4 is 10.1 Å². The highest BCUT2D eigenvalue weighted by atomic mass is 79.9. The maximum Gasteiger partial charge on any atom is 0.260 e. The molecule has 0 fully saturated rings. The Labute approximate surface area is 136 Å². The van der Waals surface area contributed by atoms with Crippen LogP contribution in [0.3, 0.4) is 0 Å². The van der Waals surface area contributed by atoms with Crippen molar-refractivity contribution in [3.63, 3.8) is 0 Å². The Kier molecular flexibility index (Phi) is 7.75. The molecule has 0 aliphatic rings. The topological polar surface area (TPSA) is 41.6 Å². The number of benzene rings is 1. The molecule has 1 amide bonds. The van der Waals surface area contributed by atoms with Crippen LogP contribution in [0.15, 0.2) is 22.7 Å². The van der Waals surface area contributed by atoms with Gasteiger partial charge in [-0.1, -0.05) is 22.9 Å². The van der Waals surface area contributed by atoms with Gasteiger partial charge in [-0.3, -0.25) is 4.79 Å². The molecule has 0 aliphatic heterocycles. The second kappa shape index (κ2) is 9.05. The minimum absolute atomic E-state index is 0.0185. The molecule has 1 atom stereocenters. The molecule has 1 aromatic rings. The molecule has 1 N–H and O–H groups in total. The molecule has 5 heteroatoms. The number of hydrogen-bond acceptors (Lipinski definition) is 3. The van der Waals surface area contributed by atoms with Gasteiger partial charge in [-0.25, -0.2) is 0 Å². The lowest BCUT2D eigenvalue weighted by molar-refractivity contribution is -0.132. The van der Waals surface area contributed by atoms with E-state index in [1.54, 1.807) is 4.90 Å². The number of amides is 1. The molecule has 0 radical (unpaired) electrons. The molecule has 21 heavy (non-hydrogen) atoms. The zero-order chi connectivity index (χ0) is 15.8. The predicted octanol–water partition coefficient (Wildman–Crippen LogP) is 3.37. The Balaban J connectivity index is 2.81. The fourth-order valence-electron chi connectivity index (χ4n) is 2.21. The first kappa shape index (κ1) is 18.0. The third kappa shape index (κ3) is 5.32. The highest BCUT2D eigenvalue weighted by molar-refractivity contribution is 9.10. The molecular formula is C16H25BrN2O2. The van der Waals surface area contributed by atoms with Gasteiger partial charge in [0.25, 0.3) is 5.91 Å². The summed E-state index contributed by atoms with van der Waals surface area (Å²) >= 11 is 3.48. The number of carbonyl (C=O) groups excluding carboxylic acids is 1. The lowest BCUT2D eigenvalue weighted by atomic mass is 10.1. The maximum atomic E-state index is 12.0. The fourth-order valence-corrected chi connectivity index (χ4v) is 2.59. The summed E-state index contributed by atoms with van der Waals surface area (Å²) in [7, 11) is 0. The Bertz CT molecular complexity index is 462. The van der Waals surface area contributed by atoms with Crippen molar-refractivity contribution in [3.8, 4) is 5.75 Å². The van der Waals surface area contributed by atoms with Gasteiger partial charge in [0.1, 0.15) is 5.75 Å². The van der Waals surface area contributed by atoms with Crippen molar-refractivity contribution < 1.29 is 9.53 Å². The van der Waals surface area contributed by atoms with E-state index in [2.05, 4.69) is 35.1 Å². The first-order valence-electron chi connectivity index (χ1n) is 7.46. The number of hydrogen-bond donors (Lipinski definition) is 1. The van der Waals surface area contributed by atoms with E-state index in [-0.39, 0.29) is 18.6 Å². The summed E-state index contributed by atoms with van der Waals surface area (Å²) in [6.07, 6.45) is 0. The standard InChI is InChI=1S/C16H25BrN2O2/c1-5-18-12(4)14-10-13(17)8-9-15(14)21-11-16(20)19(6-2)7-3/h8-10,12,18H,5-7,11H2,1-4H3. The Morgan fingerprint density at radius 2 is 2.00 bits per heavy atom. The van der Waals surface area contributed by atoms with Crippen LogP contribution >= 0.6 is 15.9 Å². The molecule has 1 unspecified atom stereocenters. The number of halogens is 1. The smallest absolute Gasteiger partial charge is 0.260 e. The molecule has 0 bridgehead atoms. The van der Waals surface area contributed by atoms with Gasteiger partial charge >= 0.3 is 0 Å². The first-order chi connectivity index (χ1) is 10.0. The molecule has 1 aromatic carbocycles. The van der Waals surface area contributed by atoms with Crippen molar-refractivity contribution in [1.82, 2.24) is 10.2 Å². The van der Waals surface area contributed by atoms with E-state index in [4.69, 9.17) is 4.74 Å². The second-order valence-electron chi connectivity index (χ2n) is 4.82. The number of nitrogens with zero attached hydrogens (tertiary/aromatic N) is 1. The van der Waals surface area contributed by atoms with Crippen molar-refractivity contribution in [3.05, 3.63) is 28.2 Å². The van der Waals surface area contributed by atoms with E-state index in [1.165, 1.54) is 0 Å². The van der Waals surface area contributed by atoms with Crippen molar-refractivity contribution in [2.75, 3.05) is 26.2 Å². The van der Waals surface area contributed by atoms with Gasteiger partial charge in [0.15, 0.2) is 6.61 Å². The maximum absolute atomic E-state index is 12.0. The van der Waals surface area contributed by atoms with E-state index in [0.29, 0.717) is 13.1 Å². The summed E-state index contributed by atoms with van der Waals surface area (Å²) in [5, 5.41) is 3.37. The third-order valence-electron chi connectivity index (χ3n) is 3.42. The van der Waals surface area contributed by atoms with Crippen LogP contribution in [0.4, 0.5) is 0 Å². The summed E-state index contributed by atoms with van der Waals surface area (Å²) in [4.78, 5) is 13.8. The predicted molar refractivity (Wildman–Crippen MR) is 89.7 cm³/mol. The number of nitrogens with one attached hydrogen (secondary N) is 1. The highest BCUT2D eigenvalue weighted by Gasteiger charge is 2.15. The summed E-state index contributed by atoms with van der Waals surface area (Å²) in [5.41, 5.74) is 1.05. The van der Waals surface area contributed by atoms with Gasteiger partial charge in [-0.05, 0) is 45.5 Å². The zero-order valence-corrected chi connectivity index (χ0v) is 14.9. The number of ether oxygens (including phenoxy) is 1. The van der Waals surface area contributed by atoms with Crippen LogP contribution in [0.5, 0.6) is 5.75 Å². The molecule has 0 spiro atoms. The lowest BCUT2D eigenvalue weighted by Crippen LogP contribution is -2.34. The first-order valence-corrected chi connectivity index (χ1v) is 8.26. The van der Waals surface area contributed by atoms with Crippen molar-refractivity contribution in [2.24, 2.45) is 0 Å². The van der Waals surface area contributed by atoms with Crippen LogP contribution in [-0.4, -0.2) is 37.0 Å². The van der Waals surface area contributed by atoms with Crippen molar-refractivity contribution >= 4 is 21.8 Å². The number of likely N-dealkylation sites (N-methyl/N-ethyl adjacent to an activating group) is 1. The Morgan fingerprint density at radius 1 is 1.33 bits per heavy atom. The normalized spacial score (nSPS) is 12.0. The van der Waals surface area contributed by atoms with Crippen LogP contribution in [0.25, 0.3) is 0 Å². The van der Waals surface area contributed by atoms with Crippen molar-refractivity contribution in [1.29, 1.82) is 0 Å². The molecule has 118 valence electrons. The SMILES string of the molecule is CCNC(C)c1cc(Br)ccc1OCC(=O)N(CC)CC. The van der Waals surface area contributed by atoms with E-state index in [0.717, 1.165) is 22.3 Å². The second-order valence-corrected chi connectivity index (χ2v) is 5.73. The quantitative estimate of drug-likeness (QED) is 0.776. The van der Waals surface area contributed by atoms with Crippen LogP contribution in [-0.2, 0) is 4.79 Å². The van der Waals surface area contributed by atoms with E-state index in [9.17, 15) is 4.79 Å². The minimum atomic E-state index is 0.0185. The average molecular weight is 357 g/mol. The Morgan fingerprint density at radius 3 is 2.57 bits per heavy atom. The molecule has 0 aromatic heterocycles. The largest absolute Gasteiger partial charge is 0.483 e. The van der Waals surface area contributed by atoms with Gasteiger partial charge < -0.3 is 15.0 Å². The van der Waals surface area contributed by atoms with Gasteiger partial charge in [0, 0.05) is 29.2 Å². The molecule has 0 saturated heterocycles. The summed E-state index contributed by atoms with van der Waals surface area (Å²) < 4.78 is 6.76. The van der Waals surface area contributed by atoms with E-state index >= 15 is 0 Å². The fraction of sp³-hybridized carbons (Fsp3) is 0.562. The summed E-state index contributed by atoms with van der Waals surface area (Å²) in [5.74, 6) is 0.775. The zero-order valence-electron chi connectivity index (χ0n) is 13.3. The Hall–Kier alpha value is -1.07. The molecule has 0 aliphatic carbocycles. The number of rotatable bonds is 8. The van der Waals surface area contributed by atoms with Gasteiger partial charge in [0.2, 0.25) is 0 Å². The van der Waals surface area contributed by atoms with Crippen molar-refractivity contribution in [2.45, 2.75) is 33.7 Å². The van der Waals surface area contributed by atoms with Crippen LogP contribution in [0, 0.1) is 0 Å². The molecule has 1 rings (SSSR count). The van der Waals surface area contributed by atoms with Gasteiger partial charge in [0.05, 0.1) is 0 Å². The van der Waals surface area contributed by atoms with E-state index < -0.39 is 0 Å². The molecular weight excluding hydrogens is 332 g/mol. The molecule has 0 saturated carbocycles. The third-order valence-corrected chi connectivity index (χ3v) is 3.91. The van der Waals surface area contributed by atoms with Gasteiger partial charge in [-0.15, -0.1) is 0 Å². The molecule has 4 nitrogen and oxygen atoms in total. The average Bonchev–Trinajstić information content (AvgIpc) is 2.47. The van der Waals surface area contributed by atoms with Crippen LogP contribution in [0.2, 0.25) is 0 Å². The highest BCUT2D eigenvalue weighted by Crippen LogP contribution is 2.28. The monoisotopic (exact) mass is 356 g/mol.